The highest BCUT2D eigenvalue weighted by Crippen LogP contribution is 2.39. The summed E-state index contributed by atoms with van der Waals surface area (Å²) in [5, 5.41) is 6.69. The van der Waals surface area contributed by atoms with E-state index >= 15 is 0 Å². The summed E-state index contributed by atoms with van der Waals surface area (Å²) in [7, 11) is -4.25. The Morgan fingerprint density at radius 1 is 1.29 bits per heavy atom. The minimum Gasteiger partial charge on any atom is -0.488 e. The SMILES string of the molecule is Nc1n[nH]cc1C1CCCCC1Oc1cc(F)c(S(=O)(=O)Nc2ccncn2)cc1Cl. The summed E-state index contributed by atoms with van der Waals surface area (Å²) >= 11 is 6.28. The molecule has 9 nitrogen and oxygen atoms in total. The lowest BCUT2D eigenvalue weighted by molar-refractivity contribution is 0.130. The topological polar surface area (TPSA) is 136 Å². The van der Waals surface area contributed by atoms with Crippen molar-refractivity contribution >= 4 is 33.3 Å². The third kappa shape index (κ3) is 4.57. The van der Waals surface area contributed by atoms with Crippen molar-refractivity contribution in [2.24, 2.45) is 0 Å². The molecule has 2 unspecified atom stereocenters. The Labute approximate surface area is 183 Å². The van der Waals surface area contributed by atoms with Crippen LogP contribution in [-0.2, 0) is 10.0 Å². The van der Waals surface area contributed by atoms with Crippen molar-refractivity contribution in [3.8, 4) is 5.75 Å². The molecule has 0 amide bonds. The monoisotopic (exact) mass is 466 g/mol. The lowest BCUT2D eigenvalue weighted by atomic mass is 9.82. The second-order valence-electron chi connectivity index (χ2n) is 7.19. The minimum absolute atomic E-state index is 0.00796. The Kier molecular flexibility index (Phi) is 5.96. The van der Waals surface area contributed by atoms with Crippen molar-refractivity contribution in [1.29, 1.82) is 0 Å². The molecular formula is C19H20ClFN6O3S. The maximum Gasteiger partial charge on any atom is 0.266 e. The number of anilines is 2. The third-order valence-corrected chi connectivity index (χ3v) is 6.84. The Balaban J connectivity index is 1.59. The number of aromatic nitrogens is 4. The molecular weight excluding hydrogens is 447 g/mol. The van der Waals surface area contributed by atoms with E-state index in [0.29, 0.717) is 5.82 Å². The number of aromatic amines is 1. The van der Waals surface area contributed by atoms with Gasteiger partial charge in [0.2, 0.25) is 0 Å². The quantitative estimate of drug-likeness (QED) is 0.505. The van der Waals surface area contributed by atoms with Crippen LogP contribution >= 0.6 is 11.6 Å². The molecule has 164 valence electrons. The number of ether oxygens (including phenoxy) is 1. The van der Waals surface area contributed by atoms with Crippen LogP contribution in [0.3, 0.4) is 0 Å². The van der Waals surface area contributed by atoms with Crippen LogP contribution in [0.5, 0.6) is 5.75 Å². The molecule has 1 aliphatic carbocycles. The number of hydrogen-bond donors (Lipinski definition) is 3. The van der Waals surface area contributed by atoms with Crippen LogP contribution in [0.15, 0.2) is 41.8 Å². The predicted molar refractivity (Wildman–Crippen MR) is 113 cm³/mol. The molecule has 2 atom stereocenters. The zero-order chi connectivity index (χ0) is 22.0. The molecule has 0 saturated heterocycles. The van der Waals surface area contributed by atoms with Gasteiger partial charge in [0, 0.05) is 29.9 Å². The summed E-state index contributed by atoms with van der Waals surface area (Å²) in [5.74, 6) is -0.548. The smallest absolute Gasteiger partial charge is 0.266 e. The first-order valence-electron chi connectivity index (χ1n) is 9.59. The van der Waals surface area contributed by atoms with Gasteiger partial charge >= 0.3 is 0 Å². The predicted octanol–water partition coefficient (Wildman–Crippen LogP) is 3.48. The van der Waals surface area contributed by atoms with E-state index in [1.807, 2.05) is 0 Å². The van der Waals surface area contributed by atoms with E-state index in [1.54, 1.807) is 6.20 Å². The molecule has 1 saturated carbocycles. The average Bonchev–Trinajstić information content (AvgIpc) is 3.17. The van der Waals surface area contributed by atoms with E-state index in [9.17, 15) is 12.8 Å². The lowest BCUT2D eigenvalue weighted by Crippen LogP contribution is -2.29. The molecule has 4 rings (SSSR count). The van der Waals surface area contributed by atoms with Crippen LogP contribution in [0.2, 0.25) is 5.02 Å². The molecule has 1 fully saturated rings. The summed E-state index contributed by atoms with van der Waals surface area (Å²) in [6, 6.07) is 3.36. The number of nitrogen functional groups attached to an aromatic ring is 1. The Morgan fingerprint density at radius 2 is 2.10 bits per heavy atom. The van der Waals surface area contributed by atoms with Gasteiger partial charge in [-0.05, 0) is 31.4 Å². The van der Waals surface area contributed by atoms with Crippen LogP contribution in [0.4, 0.5) is 16.0 Å². The number of benzene rings is 1. The van der Waals surface area contributed by atoms with E-state index in [0.717, 1.165) is 43.4 Å². The first-order valence-corrected chi connectivity index (χ1v) is 11.4. The number of hydrogen-bond acceptors (Lipinski definition) is 7. The molecule has 0 radical (unpaired) electrons. The van der Waals surface area contributed by atoms with Gasteiger partial charge in [0.05, 0.1) is 5.02 Å². The molecule has 1 aromatic carbocycles. The standard InChI is InChI=1S/C19H20ClFN6O3S/c20-13-7-17(31(28,29)27-18-5-6-23-10-24-18)14(21)8-16(13)30-15-4-2-1-3-11(15)12-9-25-26-19(12)22/h5-11,15H,1-4H2,(H3,22,25,26)(H,23,24,27). The Bertz CT molecular complexity index is 1170. The molecule has 2 heterocycles. The maximum atomic E-state index is 14.8. The van der Waals surface area contributed by atoms with Crippen molar-refractivity contribution in [1.82, 2.24) is 20.2 Å². The van der Waals surface area contributed by atoms with E-state index in [4.69, 9.17) is 22.1 Å². The summed E-state index contributed by atoms with van der Waals surface area (Å²) < 4.78 is 48.2. The first kappa shape index (κ1) is 21.3. The highest BCUT2D eigenvalue weighted by atomic mass is 35.5. The fourth-order valence-corrected chi connectivity index (χ4v) is 5.08. The van der Waals surface area contributed by atoms with Gasteiger partial charge in [0.1, 0.15) is 40.5 Å². The van der Waals surface area contributed by atoms with Crippen LogP contribution in [0.1, 0.15) is 37.2 Å². The zero-order valence-corrected chi connectivity index (χ0v) is 17.8. The second kappa shape index (κ2) is 8.67. The number of nitrogens with zero attached hydrogens (tertiary/aromatic N) is 3. The van der Waals surface area contributed by atoms with Crippen molar-refractivity contribution < 1.29 is 17.5 Å². The maximum absolute atomic E-state index is 14.8. The summed E-state index contributed by atoms with van der Waals surface area (Å²) in [5.41, 5.74) is 6.79. The van der Waals surface area contributed by atoms with Gasteiger partial charge in [-0.1, -0.05) is 18.0 Å². The number of sulfonamides is 1. The van der Waals surface area contributed by atoms with Crippen LogP contribution in [-0.4, -0.2) is 34.7 Å². The molecule has 31 heavy (non-hydrogen) atoms. The molecule has 2 aromatic heterocycles. The molecule has 1 aliphatic rings. The van der Waals surface area contributed by atoms with E-state index in [1.165, 1.54) is 18.6 Å². The van der Waals surface area contributed by atoms with Crippen molar-refractivity contribution in [3.63, 3.8) is 0 Å². The van der Waals surface area contributed by atoms with Gasteiger partial charge in [0.15, 0.2) is 0 Å². The van der Waals surface area contributed by atoms with E-state index < -0.39 is 20.7 Å². The molecule has 0 aliphatic heterocycles. The molecule has 0 bridgehead atoms. The Morgan fingerprint density at radius 3 is 2.81 bits per heavy atom. The van der Waals surface area contributed by atoms with Crippen molar-refractivity contribution in [2.45, 2.75) is 42.6 Å². The van der Waals surface area contributed by atoms with Gasteiger partial charge in [0.25, 0.3) is 10.0 Å². The van der Waals surface area contributed by atoms with Gasteiger partial charge in [-0.15, -0.1) is 0 Å². The van der Waals surface area contributed by atoms with Gasteiger partial charge in [-0.2, -0.15) is 5.10 Å². The third-order valence-electron chi connectivity index (χ3n) is 5.18. The molecule has 0 spiro atoms. The van der Waals surface area contributed by atoms with Crippen LogP contribution in [0, 0.1) is 5.82 Å². The fourth-order valence-electron chi connectivity index (χ4n) is 3.71. The molecule has 3 aromatic rings. The summed E-state index contributed by atoms with van der Waals surface area (Å²) in [4.78, 5) is 6.87. The van der Waals surface area contributed by atoms with E-state index in [-0.39, 0.29) is 28.6 Å². The Hall–Kier alpha value is -2.92. The van der Waals surface area contributed by atoms with Crippen LogP contribution < -0.4 is 15.2 Å². The number of rotatable bonds is 6. The molecule has 12 heteroatoms. The summed E-state index contributed by atoms with van der Waals surface area (Å²) in [6.45, 7) is 0. The van der Waals surface area contributed by atoms with Crippen molar-refractivity contribution in [3.05, 3.63) is 53.3 Å². The number of nitrogens with one attached hydrogen (secondary N) is 2. The number of halogens is 2. The number of H-pyrrole nitrogens is 1. The van der Waals surface area contributed by atoms with Crippen molar-refractivity contribution in [2.75, 3.05) is 10.5 Å². The average molecular weight is 467 g/mol. The number of nitrogens with two attached hydrogens (primary N) is 1. The highest BCUT2D eigenvalue weighted by molar-refractivity contribution is 7.92. The van der Waals surface area contributed by atoms with Gasteiger partial charge in [-0.3, -0.25) is 9.82 Å². The first-order chi connectivity index (χ1) is 14.8. The minimum atomic E-state index is -4.25. The largest absolute Gasteiger partial charge is 0.488 e. The zero-order valence-electron chi connectivity index (χ0n) is 16.3. The normalized spacial score (nSPS) is 19.2. The van der Waals surface area contributed by atoms with Gasteiger partial charge < -0.3 is 10.5 Å². The highest BCUT2D eigenvalue weighted by Gasteiger charge is 2.32. The lowest BCUT2D eigenvalue weighted by Gasteiger charge is -2.32. The van der Waals surface area contributed by atoms with E-state index in [2.05, 4.69) is 24.9 Å². The molecule has 4 N–H and O–H groups in total. The fraction of sp³-hybridized carbons (Fsp3) is 0.316. The van der Waals surface area contributed by atoms with Crippen LogP contribution in [0.25, 0.3) is 0 Å². The van der Waals surface area contributed by atoms with Gasteiger partial charge in [-0.25, -0.2) is 22.8 Å². The second-order valence-corrected chi connectivity index (χ2v) is 9.24. The summed E-state index contributed by atoms with van der Waals surface area (Å²) in [6.07, 6.45) is 7.47.